The summed E-state index contributed by atoms with van der Waals surface area (Å²) in [6.45, 7) is 0. The van der Waals surface area contributed by atoms with Gasteiger partial charge in [0.05, 0.1) is 10.6 Å². The third kappa shape index (κ3) is 3.89. The van der Waals surface area contributed by atoms with E-state index in [0.717, 1.165) is 6.26 Å². The lowest BCUT2D eigenvalue weighted by Crippen LogP contribution is -2.13. The average molecular weight is 372 g/mol. The van der Waals surface area contributed by atoms with Crippen LogP contribution in [0.25, 0.3) is 0 Å². The second-order valence-corrected chi connectivity index (χ2v) is 7.25. The van der Waals surface area contributed by atoms with Gasteiger partial charge in [-0.25, -0.2) is 12.8 Å². The van der Waals surface area contributed by atoms with Gasteiger partial charge in [-0.2, -0.15) is 0 Å². The van der Waals surface area contributed by atoms with Gasteiger partial charge in [0.15, 0.2) is 9.84 Å². The Balaban J connectivity index is 2.29. The number of carbonyl (C=O) groups is 1. The minimum atomic E-state index is -3.38. The van der Waals surface area contributed by atoms with Crippen molar-refractivity contribution in [1.82, 2.24) is 0 Å². The molecule has 7 heteroatoms. The molecule has 0 saturated heterocycles. The molecule has 0 fully saturated rings. The number of hydrogen-bond acceptors (Lipinski definition) is 3. The summed E-state index contributed by atoms with van der Waals surface area (Å²) >= 11 is 3.14. The summed E-state index contributed by atoms with van der Waals surface area (Å²) in [7, 11) is -3.38. The van der Waals surface area contributed by atoms with E-state index in [4.69, 9.17) is 0 Å². The highest BCUT2D eigenvalue weighted by Gasteiger charge is 2.13. The smallest absolute Gasteiger partial charge is 0.255 e. The molecule has 0 spiro atoms. The first-order chi connectivity index (χ1) is 9.77. The number of halogens is 2. The zero-order valence-corrected chi connectivity index (χ0v) is 13.3. The van der Waals surface area contributed by atoms with Gasteiger partial charge in [-0.1, -0.05) is 6.07 Å². The molecule has 110 valence electrons. The maximum atomic E-state index is 13.0. The number of sulfone groups is 1. The Bertz CT molecular complexity index is 806. The number of amides is 1. The molecule has 0 aliphatic carbocycles. The second-order valence-electron chi connectivity index (χ2n) is 4.38. The molecule has 0 heterocycles. The molecule has 4 nitrogen and oxygen atoms in total. The number of benzene rings is 2. The molecule has 0 aliphatic heterocycles. The Labute approximate surface area is 130 Å². The van der Waals surface area contributed by atoms with Crippen molar-refractivity contribution in [2.75, 3.05) is 11.6 Å². The fourth-order valence-corrected chi connectivity index (χ4v) is 2.77. The highest BCUT2D eigenvalue weighted by molar-refractivity contribution is 9.10. The molecule has 0 bridgehead atoms. The summed E-state index contributed by atoms with van der Waals surface area (Å²) in [5.74, 6) is -0.910. The molecular formula is C14H11BrFNO3S. The lowest BCUT2D eigenvalue weighted by Gasteiger charge is -2.08. The zero-order valence-electron chi connectivity index (χ0n) is 10.9. The van der Waals surface area contributed by atoms with Crippen LogP contribution in [0.3, 0.4) is 0 Å². The molecule has 1 N–H and O–H groups in total. The number of nitrogens with one attached hydrogen (secondary N) is 1. The topological polar surface area (TPSA) is 63.2 Å². The van der Waals surface area contributed by atoms with E-state index in [2.05, 4.69) is 21.2 Å². The Kier molecular flexibility index (Phi) is 4.43. The maximum Gasteiger partial charge on any atom is 0.255 e. The maximum absolute atomic E-state index is 13.0. The normalized spacial score (nSPS) is 11.2. The molecule has 1 amide bonds. The molecule has 0 saturated carbocycles. The van der Waals surface area contributed by atoms with Crippen molar-refractivity contribution in [2.24, 2.45) is 0 Å². The molecule has 21 heavy (non-hydrogen) atoms. The molecule has 0 aliphatic rings. The van der Waals surface area contributed by atoms with Crippen molar-refractivity contribution in [3.8, 4) is 0 Å². The Morgan fingerprint density at radius 3 is 2.52 bits per heavy atom. The Morgan fingerprint density at radius 1 is 1.19 bits per heavy atom. The number of carbonyl (C=O) groups excluding carboxylic acids is 1. The van der Waals surface area contributed by atoms with E-state index in [-0.39, 0.29) is 10.5 Å². The molecule has 0 aromatic heterocycles. The van der Waals surface area contributed by atoms with E-state index < -0.39 is 21.6 Å². The molecule has 2 aromatic carbocycles. The van der Waals surface area contributed by atoms with Gasteiger partial charge >= 0.3 is 0 Å². The van der Waals surface area contributed by atoms with Crippen molar-refractivity contribution >= 4 is 37.4 Å². The Hall–Kier alpha value is -1.73. The van der Waals surface area contributed by atoms with Crippen molar-refractivity contribution in [2.45, 2.75) is 4.90 Å². The van der Waals surface area contributed by atoms with Crippen LogP contribution in [0.1, 0.15) is 10.4 Å². The first-order valence-corrected chi connectivity index (χ1v) is 8.52. The predicted octanol–water partition coefficient (Wildman–Crippen LogP) is 3.24. The first kappa shape index (κ1) is 15.7. The van der Waals surface area contributed by atoms with E-state index in [1.807, 2.05) is 0 Å². The van der Waals surface area contributed by atoms with Crippen LogP contribution in [-0.4, -0.2) is 20.6 Å². The van der Waals surface area contributed by atoms with E-state index in [1.165, 1.54) is 42.5 Å². The summed E-state index contributed by atoms with van der Waals surface area (Å²) in [5, 5.41) is 2.59. The van der Waals surface area contributed by atoms with Crippen LogP contribution >= 0.6 is 15.9 Å². The van der Waals surface area contributed by atoms with Crippen LogP contribution in [0.15, 0.2) is 51.8 Å². The molecule has 2 rings (SSSR count). The van der Waals surface area contributed by atoms with Gasteiger partial charge < -0.3 is 5.32 Å². The van der Waals surface area contributed by atoms with E-state index in [1.54, 1.807) is 0 Å². The fourth-order valence-electron chi connectivity index (χ4n) is 1.65. The van der Waals surface area contributed by atoms with Crippen LogP contribution < -0.4 is 5.32 Å². The monoisotopic (exact) mass is 371 g/mol. The van der Waals surface area contributed by atoms with Gasteiger partial charge in [0.25, 0.3) is 5.91 Å². The molecule has 0 unspecified atom stereocenters. The average Bonchev–Trinajstić information content (AvgIpc) is 2.41. The Morgan fingerprint density at radius 2 is 1.90 bits per heavy atom. The van der Waals surface area contributed by atoms with Gasteiger partial charge in [-0.3, -0.25) is 4.79 Å². The fraction of sp³-hybridized carbons (Fsp3) is 0.0714. The lowest BCUT2D eigenvalue weighted by molar-refractivity contribution is 0.102. The predicted molar refractivity (Wildman–Crippen MR) is 81.6 cm³/mol. The molecule has 0 radical (unpaired) electrons. The number of hydrogen-bond donors (Lipinski definition) is 1. The van der Waals surface area contributed by atoms with Crippen molar-refractivity contribution in [3.05, 3.63) is 58.3 Å². The third-order valence-corrected chi connectivity index (χ3v) is 4.47. The van der Waals surface area contributed by atoms with Gasteiger partial charge in [-0.05, 0) is 52.3 Å². The molecule has 0 atom stereocenters. The summed E-state index contributed by atoms with van der Waals surface area (Å²) in [6.07, 6.45) is 1.07. The van der Waals surface area contributed by atoms with E-state index >= 15 is 0 Å². The van der Waals surface area contributed by atoms with Crippen LogP contribution in [0, 0.1) is 5.82 Å². The first-order valence-electron chi connectivity index (χ1n) is 5.84. The minimum Gasteiger partial charge on any atom is -0.321 e. The van der Waals surface area contributed by atoms with Crippen molar-refractivity contribution in [3.63, 3.8) is 0 Å². The van der Waals surface area contributed by atoms with Gasteiger partial charge in [0, 0.05) is 16.3 Å². The van der Waals surface area contributed by atoms with Crippen molar-refractivity contribution < 1.29 is 17.6 Å². The number of anilines is 1. The van der Waals surface area contributed by atoms with E-state index in [0.29, 0.717) is 10.2 Å². The van der Waals surface area contributed by atoms with Crippen LogP contribution in [0.4, 0.5) is 10.1 Å². The van der Waals surface area contributed by atoms with Gasteiger partial charge in [0.1, 0.15) is 5.82 Å². The van der Waals surface area contributed by atoms with Crippen molar-refractivity contribution in [1.29, 1.82) is 0 Å². The van der Waals surface area contributed by atoms with Crippen LogP contribution in [-0.2, 0) is 9.84 Å². The minimum absolute atomic E-state index is 0.0633. The SMILES string of the molecule is CS(=O)(=O)c1cccc(C(=O)Nc2ccc(F)cc2Br)c1. The summed E-state index contributed by atoms with van der Waals surface area (Å²) < 4.78 is 36.3. The number of rotatable bonds is 3. The highest BCUT2D eigenvalue weighted by atomic mass is 79.9. The summed E-state index contributed by atoms with van der Waals surface area (Å²) in [4.78, 5) is 12.2. The molecular weight excluding hydrogens is 361 g/mol. The second kappa shape index (κ2) is 5.95. The summed E-state index contributed by atoms with van der Waals surface area (Å²) in [6, 6.07) is 9.56. The van der Waals surface area contributed by atoms with Gasteiger partial charge in [0.2, 0.25) is 0 Å². The van der Waals surface area contributed by atoms with Crippen LogP contribution in [0.5, 0.6) is 0 Å². The molecule has 2 aromatic rings. The van der Waals surface area contributed by atoms with Crippen LogP contribution in [0.2, 0.25) is 0 Å². The standard InChI is InChI=1S/C14H11BrFNO3S/c1-21(19,20)11-4-2-3-9(7-11)14(18)17-13-6-5-10(16)8-12(13)15/h2-8H,1H3,(H,17,18). The third-order valence-electron chi connectivity index (χ3n) is 2.70. The zero-order chi connectivity index (χ0) is 15.6. The van der Waals surface area contributed by atoms with Gasteiger partial charge in [-0.15, -0.1) is 0 Å². The highest BCUT2D eigenvalue weighted by Crippen LogP contribution is 2.24. The largest absolute Gasteiger partial charge is 0.321 e. The summed E-state index contributed by atoms with van der Waals surface area (Å²) in [5.41, 5.74) is 0.598. The lowest BCUT2D eigenvalue weighted by atomic mass is 10.2. The quantitative estimate of drug-likeness (QED) is 0.900. The van der Waals surface area contributed by atoms with E-state index in [9.17, 15) is 17.6 Å².